The van der Waals surface area contributed by atoms with Crippen molar-refractivity contribution in [1.29, 1.82) is 0 Å². The van der Waals surface area contributed by atoms with Gasteiger partial charge in [0.1, 0.15) is 0 Å². The number of methoxy groups -OCH3 is 1. The standard InChI is InChI=1S/C12H13BrF3NO3/c1-11(19,10(18)20-2)6-17-9-4-3-7(13)5-8(9)12(14,15)16/h3-5,17,19H,6H2,1-2H3. The number of anilines is 1. The normalized spacial score (nSPS) is 14.6. The van der Waals surface area contributed by atoms with Crippen LogP contribution in [0.25, 0.3) is 0 Å². The van der Waals surface area contributed by atoms with Crippen LogP contribution in [0.4, 0.5) is 18.9 Å². The first kappa shape index (κ1) is 16.8. The number of rotatable bonds is 4. The quantitative estimate of drug-likeness (QED) is 0.815. The molecule has 1 atom stereocenters. The van der Waals surface area contributed by atoms with E-state index in [9.17, 15) is 23.1 Å². The highest BCUT2D eigenvalue weighted by Gasteiger charge is 2.35. The van der Waals surface area contributed by atoms with Crippen LogP contribution < -0.4 is 5.32 Å². The van der Waals surface area contributed by atoms with Gasteiger partial charge >= 0.3 is 12.1 Å². The van der Waals surface area contributed by atoms with E-state index in [1.807, 2.05) is 0 Å². The summed E-state index contributed by atoms with van der Waals surface area (Å²) in [5.74, 6) is -0.935. The van der Waals surface area contributed by atoms with E-state index in [2.05, 4.69) is 26.0 Å². The van der Waals surface area contributed by atoms with Crippen molar-refractivity contribution in [3.63, 3.8) is 0 Å². The number of benzene rings is 1. The van der Waals surface area contributed by atoms with Crippen molar-refractivity contribution in [2.24, 2.45) is 0 Å². The maximum Gasteiger partial charge on any atom is 0.418 e. The molecule has 1 unspecified atom stereocenters. The first-order valence-corrected chi connectivity index (χ1v) is 6.28. The van der Waals surface area contributed by atoms with Gasteiger partial charge in [0, 0.05) is 10.2 Å². The van der Waals surface area contributed by atoms with Crippen LogP contribution in [0.1, 0.15) is 12.5 Å². The second-order valence-corrected chi connectivity index (χ2v) is 5.22. The Morgan fingerprint density at radius 1 is 1.45 bits per heavy atom. The highest BCUT2D eigenvalue weighted by atomic mass is 79.9. The van der Waals surface area contributed by atoms with Crippen molar-refractivity contribution in [3.05, 3.63) is 28.2 Å². The SMILES string of the molecule is COC(=O)C(C)(O)CNc1ccc(Br)cc1C(F)(F)F. The topological polar surface area (TPSA) is 58.6 Å². The molecule has 0 aliphatic carbocycles. The minimum Gasteiger partial charge on any atom is -0.467 e. The predicted molar refractivity (Wildman–Crippen MR) is 70.3 cm³/mol. The maximum absolute atomic E-state index is 12.9. The van der Waals surface area contributed by atoms with Crippen LogP contribution in [0.3, 0.4) is 0 Å². The fourth-order valence-electron chi connectivity index (χ4n) is 1.46. The molecule has 0 aromatic heterocycles. The molecule has 0 aliphatic heterocycles. The van der Waals surface area contributed by atoms with E-state index in [1.54, 1.807) is 0 Å². The van der Waals surface area contributed by atoms with Crippen molar-refractivity contribution in [2.45, 2.75) is 18.7 Å². The van der Waals surface area contributed by atoms with Crippen LogP contribution in [0.2, 0.25) is 0 Å². The lowest BCUT2D eigenvalue weighted by molar-refractivity contribution is -0.158. The predicted octanol–water partition coefficient (Wildman–Crippen LogP) is 2.80. The van der Waals surface area contributed by atoms with E-state index < -0.39 is 29.9 Å². The van der Waals surface area contributed by atoms with Gasteiger partial charge in [-0.05, 0) is 25.1 Å². The molecule has 0 fully saturated rings. The smallest absolute Gasteiger partial charge is 0.418 e. The molecular weight excluding hydrogens is 343 g/mol. The fourth-order valence-corrected chi connectivity index (χ4v) is 1.83. The number of nitrogens with one attached hydrogen (secondary N) is 1. The third-order valence-electron chi connectivity index (χ3n) is 2.54. The molecule has 0 saturated heterocycles. The Labute approximate surface area is 122 Å². The molecular formula is C12H13BrF3NO3. The van der Waals surface area contributed by atoms with Gasteiger partial charge in [0.15, 0.2) is 5.60 Å². The average molecular weight is 356 g/mol. The summed E-state index contributed by atoms with van der Waals surface area (Å²) < 4.78 is 43.2. The summed E-state index contributed by atoms with van der Waals surface area (Å²) in [4.78, 5) is 11.2. The zero-order chi connectivity index (χ0) is 15.6. The zero-order valence-corrected chi connectivity index (χ0v) is 12.3. The summed E-state index contributed by atoms with van der Waals surface area (Å²) in [7, 11) is 1.08. The van der Waals surface area contributed by atoms with E-state index in [0.717, 1.165) is 20.1 Å². The molecule has 1 aromatic rings. The van der Waals surface area contributed by atoms with Crippen LogP contribution >= 0.6 is 15.9 Å². The van der Waals surface area contributed by atoms with Crippen LogP contribution in [0.5, 0.6) is 0 Å². The molecule has 0 saturated carbocycles. The minimum absolute atomic E-state index is 0.232. The number of hydrogen-bond acceptors (Lipinski definition) is 4. The van der Waals surface area contributed by atoms with Gasteiger partial charge in [-0.15, -0.1) is 0 Å². The van der Waals surface area contributed by atoms with E-state index in [1.165, 1.54) is 12.1 Å². The third kappa shape index (κ3) is 4.11. The molecule has 0 amide bonds. The first-order chi connectivity index (χ1) is 9.08. The molecule has 4 nitrogen and oxygen atoms in total. The van der Waals surface area contributed by atoms with E-state index in [4.69, 9.17) is 0 Å². The van der Waals surface area contributed by atoms with Crippen LogP contribution in [-0.2, 0) is 15.7 Å². The Kier molecular flexibility index (Phi) is 5.04. The highest BCUT2D eigenvalue weighted by Crippen LogP contribution is 2.36. The summed E-state index contributed by atoms with van der Waals surface area (Å²) >= 11 is 2.96. The van der Waals surface area contributed by atoms with E-state index in [-0.39, 0.29) is 10.2 Å². The lowest BCUT2D eigenvalue weighted by atomic mass is 10.1. The van der Waals surface area contributed by atoms with E-state index >= 15 is 0 Å². The number of alkyl halides is 3. The second-order valence-electron chi connectivity index (χ2n) is 4.31. The first-order valence-electron chi connectivity index (χ1n) is 5.49. The van der Waals surface area contributed by atoms with Crippen LogP contribution in [-0.4, -0.2) is 30.3 Å². The lowest BCUT2D eigenvalue weighted by Crippen LogP contribution is -2.43. The lowest BCUT2D eigenvalue weighted by Gasteiger charge is -2.22. The van der Waals surface area contributed by atoms with Crippen molar-refractivity contribution in [3.8, 4) is 0 Å². The highest BCUT2D eigenvalue weighted by molar-refractivity contribution is 9.10. The summed E-state index contributed by atoms with van der Waals surface area (Å²) in [5.41, 5.74) is -3.05. The van der Waals surface area contributed by atoms with Crippen LogP contribution in [0, 0.1) is 0 Å². The Morgan fingerprint density at radius 3 is 2.55 bits per heavy atom. The fraction of sp³-hybridized carbons (Fsp3) is 0.417. The molecule has 1 aromatic carbocycles. The van der Waals surface area contributed by atoms with Crippen molar-refractivity contribution < 1.29 is 27.8 Å². The molecule has 0 heterocycles. The molecule has 0 aliphatic rings. The Morgan fingerprint density at radius 2 is 2.05 bits per heavy atom. The summed E-state index contributed by atoms with van der Waals surface area (Å²) in [6, 6.07) is 3.54. The summed E-state index contributed by atoms with van der Waals surface area (Å²) in [6.45, 7) is 0.738. The Hall–Kier alpha value is -1.28. The van der Waals surface area contributed by atoms with Crippen LogP contribution in [0.15, 0.2) is 22.7 Å². The van der Waals surface area contributed by atoms with Gasteiger partial charge < -0.3 is 15.2 Å². The number of esters is 1. The van der Waals surface area contributed by atoms with Crippen molar-refractivity contribution in [1.82, 2.24) is 0 Å². The zero-order valence-electron chi connectivity index (χ0n) is 10.7. The van der Waals surface area contributed by atoms with Crippen molar-refractivity contribution in [2.75, 3.05) is 19.0 Å². The van der Waals surface area contributed by atoms with Gasteiger partial charge in [-0.1, -0.05) is 15.9 Å². The van der Waals surface area contributed by atoms with Gasteiger partial charge in [0.25, 0.3) is 0 Å². The molecule has 0 bridgehead atoms. The van der Waals surface area contributed by atoms with Gasteiger partial charge in [-0.2, -0.15) is 13.2 Å². The number of halogens is 4. The van der Waals surface area contributed by atoms with Gasteiger partial charge in [-0.3, -0.25) is 0 Å². The average Bonchev–Trinajstić information content (AvgIpc) is 2.35. The largest absolute Gasteiger partial charge is 0.467 e. The van der Waals surface area contributed by atoms with Gasteiger partial charge in [0.05, 0.1) is 19.2 Å². The van der Waals surface area contributed by atoms with Gasteiger partial charge in [-0.25, -0.2) is 4.79 Å². The molecule has 0 spiro atoms. The monoisotopic (exact) mass is 355 g/mol. The molecule has 112 valence electrons. The number of ether oxygens (including phenoxy) is 1. The number of hydrogen-bond donors (Lipinski definition) is 2. The molecule has 8 heteroatoms. The number of aliphatic hydroxyl groups is 1. The molecule has 0 radical (unpaired) electrons. The number of carbonyl (C=O) groups excluding carboxylic acids is 1. The molecule has 2 N–H and O–H groups in total. The minimum atomic E-state index is -4.55. The summed E-state index contributed by atoms with van der Waals surface area (Å²) in [6.07, 6.45) is -4.55. The maximum atomic E-state index is 12.9. The van der Waals surface area contributed by atoms with Gasteiger partial charge in [0.2, 0.25) is 0 Å². The summed E-state index contributed by atoms with van der Waals surface area (Å²) in [5, 5.41) is 12.2. The van der Waals surface area contributed by atoms with E-state index in [0.29, 0.717) is 0 Å². The molecule has 20 heavy (non-hydrogen) atoms. The third-order valence-corrected chi connectivity index (χ3v) is 3.03. The number of carbonyl (C=O) groups is 1. The second kappa shape index (κ2) is 6.01. The van der Waals surface area contributed by atoms with Crippen molar-refractivity contribution >= 4 is 27.6 Å². The Bertz CT molecular complexity index is 503. The molecule has 1 rings (SSSR count). The Balaban J connectivity index is 2.97.